The van der Waals surface area contributed by atoms with Crippen molar-refractivity contribution in [3.05, 3.63) is 39.2 Å². The van der Waals surface area contributed by atoms with Crippen molar-refractivity contribution in [1.82, 2.24) is 15.6 Å². The fraction of sp³-hybridized carbons (Fsp3) is 0.444. The van der Waals surface area contributed by atoms with Crippen LogP contribution < -0.4 is 16.4 Å². The van der Waals surface area contributed by atoms with Crippen molar-refractivity contribution in [1.29, 1.82) is 0 Å². The number of halogens is 1. The van der Waals surface area contributed by atoms with Gasteiger partial charge in [0.2, 0.25) is 0 Å². The monoisotopic (exact) mass is 535 g/mol. The van der Waals surface area contributed by atoms with Gasteiger partial charge in [-0.25, -0.2) is 14.8 Å². The van der Waals surface area contributed by atoms with Gasteiger partial charge in [0.25, 0.3) is 5.91 Å². The number of rotatable bonds is 8. The molecule has 0 saturated carbocycles. The number of carbonyl (C=O) groups excluding carboxylic acids is 2. The summed E-state index contributed by atoms with van der Waals surface area (Å²) in [5.41, 5.74) is 5.83. The number of carbonyl (C=O) groups is 2. The van der Waals surface area contributed by atoms with Gasteiger partial charge in [-0.15, -0.1) is 35.3 Å². The second kappa shape index (κ2) is 11.8. The van der Waals surface area contributed by atoms with Crippen molar-refractivity contribution < 1.29 is 18.7 Å². The van der Waals surface area contributed by atoms with Gasteiger partial charge in [-0.05, 0) is 39.8 Å². The maximum absolute atomic E-state index is 12.0. The minimum Gasteiger partial charge on any atom is -0.462 e. The second-order valence-electron chi connectivity index (χ2n) is 5.88. The van der Waals surface area contributed by atoms with Crippen molar-refractivity contribution in [3.8, 4) is 0 Å². The lowest BCUT2D eigenvalue weighted by Gasteiger charge is -2.15. The van der Waals surface area contributed by atoms with Crippen molar-refractivity contribution >= 4 is 53.1 Å². The number of esters is 1. The number of aliphatic imine (C=N–C) groups is 1. The first kappa shape index (κ1) is 24.9. The molecule has 0 saturated heterocycles. The number of thiazole rings is 1. The lowest BCUT2D eigenvalue weighted by molar-refractivity contribution is 0.0531. The number of guanidine groups is 1. The average Bonchev–Trinajstić information content (AvgIpc) is 3.27. The van der Waals surface area contributed by atoms with Crippen LogP contribution in [0.5, 0.6) is 0 Å². The maximum atomic E-state index is 12.0. The maximum Gasteiger partial charge on any atom is 0.350 e. The molecule has 11 heteroatoms. The van der Waals surface area contributed by atoms with Crippen molar-refractivity contribution in [2.75, 3.05) is 13.2 Å². The highest BCUT2D eigenvalue weighted by Gasteiger charge is 2.20. The fourth-order valence-corrected chi connectivity index (χ4v) is 3.29. The highest BCUT2D eigenvalue weighted by Crippen LogP contribution is 2.24. The summed E-state index contributed by atoms with van der Waals surface area (Å²) in [6.45, 7) is 8.65. The van der Waals surface area contributed by atoms with E-state index in [4.69, 9.17) is 14.9 Å². The third-order valence-corrected chi connectivity index (χ3v) is 4.96. The van der Waals surface area contributed by atoms with Gasteiger partial charge in [-0.2, -0.15) is 0 Å². The van der Waals surface area contributed by atoms with Gasteiger partial charge in [0.05, 0.1) is 18.3 Å². The number of hydrogen-bond acceptors (Lipinski definition) is 7. The summed E-state index contributed by atoms with van der Waals surface area (Å²) in [6, 6.07) is 3.00. The Hall–Kier alpha value is -2.15. The fourth-order valence-electron chi connectivity index (χ4n) is 2.33. The van der Waals surface area contributed by atoms with Crippen LogP contribution in [0.25, 0.3) is 0 Å². The zero-order valence-corrected chi connectivity index (χ0v) is 19.9. The largest absolute Gasteiger partial charge is 0.462 e. The van der Waals surface area contributed by atoms with E-state index in [1.54, 1.807) is 19.9 Å². The van der Waals surface area contributed by atoms with E-state index in [9.17, 15) is 9.59 Å². The topological polar surface area (TPSA) is 132 Å². The molecule has 0 bridgehead atoms. The van der Waals surface area contributed by atoms with Crippen molar-refractivity contribution in [2.24, 2.45) is 10.7 Å². The Kier molecular flexibility index (Phi) is 10.1. The summed E-state index contributed by atoms with van der Waals surface area (Å²) in [4.78, 5) is 32.5. The number of nitrogens with zero attached hydrogens (tertiary/aromatic N) is 2. The van der Waals surface area contributed by atoms with Crippen LogP contribution in [0, 0.1) is 6.92 Å². The quantitative estimate of drug-likeness (QED) is 0.205. The van der Waals surface area contributed by atoms with E-state index >= 15 is 0 Å². The predicted octanol–water partition coefficient (Wildman–Crippen LogP) is 2.75. The lowest BCUT2D eigenvalue weighted by atomic mass is 10.3. The molecule has 0 spiro atoms. The molecular formula is C18H26IN5O4S. The van der Waals surface area contributed by atoms with Gasteiger partial charge >= 0.3 is 5.97 Å². The van der Waals surface area contributed by atoms with Gasteiger partial charge < -0.3 is 25.5 Å². The first-order valence-electron chi connectivity index (χ1n) is 8.93. The Morgan fingerprint density at radius 3 is 2.69 bits per heavy atom. The number of aryl methyl sites for hydroxylation is 1. The molecule has 0 fully saturated rings. The van der Waals surface area contributed by atoms with Crippen LogP contribution in [0.4, 0.5) is 0 Å². The molecule has 4 N–H and O–H groups in total. The predicted molar refractivity (Wildman–Crippen MR) is 122 cm³/mol. The Morgan fingerprint density at radius 2 is 2.10 bits per heavy atom. The van der Waals surface area contributed by atoms with E-state index in [-0.39, 0.29) is 48.3 Å². The number of aromatic nitrogens is 1. The molecule has 0 radical (unpaired) electrons. The van der Waals surface area contributed by atoms with Gasteiger partial charge in [0, 0.05) is 6.54 Å². The normalized spacial score (nSPS) is 12.1. The summed E-state index contributed by atoms with van der Waals surface area (Å²) in [5, 5.41) is 7.14. The molecule has 2 rings (SSSR count). The number of furan rings is 1. The second-order valence-corrected chi connectivity index (χ2v) is 6.91. The molecule has 2 aromatic heterocycles. The van der Waals surface area contributed by atoms with Crippen molar-refractivity contribution in [2.45, 2.75) is 40.3 Å². The highest BCUT2D eigenvalue weighted by molar-refractivity contribution is 14.0. The molecule has 9 nitrogen and oxygen atoms in total. The van der Waals surface area contributed by atoms with E-state index in [1.165, 1.54) is 17.4 Å². The van der Waals surface area contributed by atoms with Crippen LogP contribution in [0.1, 0.15) is 63.5 Å². The Balaban J connectivity index is 0.00000420. The third-order valence-electron chi connectivity index (χ3n) is 3.64. The molecule has 160 valence electrons. The van der Waals surface area contributed by atoms with Crippen molar-refractivity contribution in [3.63, 3.8) is 0 Å². The number of primary amides is 1. The summed E-state index contributed by atoms with van der Waals surface area (Å²) < 4.78 is 10.4. The van der Waals surface area contributed by atoms with Crippen LogP contribution in [0.3, 0.4) is 0 Å². The number of ether oxygens (including phenoxy) is 1. The minimum absolute atomic E-state index is 0. The van der Waals surface area contributed by atoms with E-state index in [0.29, 0.717) is 35.4 Å². The van der Waals surface area contributed by atoms with Gasteiger partial charge in [0.1, 0.15) is 22.2 Å². The number of hydrogen-bond donors (Lipinski definition) is 3. The molecule has 0 aliphatic rings. The molecule has 2 aromatic rings. The van der Waals surface area contributed by atoms with E-state index in [2.05, 4.69) is 20.6 Å². The first-order valence-corrected chi connectivity index (χ1v) is 9.75. The molecule has 1 unspecified atom stereocenters. The summed E-state index contributed by atoms with van der Waals surface area (Å²) >= 11 is 1.30. The molecule has 1 amide bonds. The molecule has 0 aliphatic heterocycles. The molecule has 0 aliphatic carbocycles. The Bertz CT molecular complexity index is 864. The molecule has 1 atom stereocenters. The Labute approximate surface area is 190 Å². The van der Waals surface area contributed by atoms with Crippen LogP contribution in [0.15, 0.2) is 21.5 Å². The summed E-state index contributed by atoms with van der Waals surface area (Å²) in [6.07, 6.45) is 0. The zero-order chi connectivity index (χ0) is 20.7. The smallest absolute Gasteiger partial charge is 0.350 e. The minimum atomic E-state index is -0.620. The van der Waals surface area contributed by atoms with Gasteiger partial charge in [-0.1, -0.05) is 0 Å². The standard InChI is InChI=1S/C18H25N5O4S.HI/c1-5-20-18(21-9-12-7-8-13(27-12)15(19)24)23-11(4)16-22-10(3)14(28-16)17(25)26-6-2;/h7-8,11H,5-6,9H2,1-4H3,(H2,19,24)(H2,20,21,23);1H. The van der Waals surface area contributed by atoms with Crippen LogP contribution in [-0.4, -0.2) is 36.0 Å². The molecule has 0 aromatic carbocycles. The van der Waals surface area contributed by atoms with E-state index in [0.717, 1.165) is 5.01 Å². The molecule has 29 heavy (non-hydrogen) atoms. The number of nitrogens with two attached hydrogens (primary N) is 1. The average molecular weight is 535 g/mol. The SMILES string of the molecule is CCNC(=NCc1ccc(C(N)=O)o1)NC(C)c1nc(C)c(C(=O)OCC)s1.I. The first-order chi connectivity index (χ1) is 13.3. The lowest BCUT2D eigenvalue weighted by Crippen LogP contribution is -2.38. The van der Waals surface area contributed by atoms with Gasteiger partial charge in [-0.3, -0.25) is 4.79 Å². The Morgan fingerprint density at radius 1 is 1.38 bits per heavy atom. The third kappa shape index (κ3) is 6.99. The van der Waals surface area contributed by atoms with E-state index in [1.807, 2.05) is 13.8 Å². The van der Waals surface area contributed by atoms with Crippen LogP contribution in [0.2, 0.25) is 0 Å². The van der Waals surface area contributed by atoms with E-state index < -0.39 is 5.91 Å². The van der Waals surface area contributed by atoms with Gasteiger partial charge in [0.15, 0.2) is 11.7 Å². The summed E-state index contributed by atoms with van der Waals surface area (Å²) in [7, 11) is 0. The van der Waals surface area contributed by atoms with Crippen LogP contribution >= 0.6 is 35.3 Å². The molecule has 2 heterocycles. The highest BCUT2D eigenvalue weighted by atomic mass is 127. The summed E-state index contributed by atoms with van der Waals surface area (Å²) in [5.74, 6) is 0.192. The zero-order valence-electron chi connectivity index (χ0n) is 16.8. The molecular weight excluding hydrogens is 509 g/mol. The number of nitrogens with one attached hydrogen (secondary N) is 2. The number of amides is 1. The van der Waals surface area contributed by atoms with Crippen LogP contribution in [-0.2, 0) is 11.3 Å².